The Balaban J connectivity index is 1.79. The molecule has 2 aromatic heterocycles. The fourth-order valence-electron chi connectivity index (χ4n) is 2.96. The topological polar surface area (TPSA) is 105 Å². The predicted octanol–water partition coefficient (Wildman–Crippen LogP) is 3.55. The van der Waals surface area contributed by atoms with Crippen LogP contribution in [0.1, 0.15) is 15.9 Å². The van der Waals surface area contributed by atoms with Crippen molar-refractivity contribution in [3.8, 4) is 0 Å². The molecule has 0 aliphatic carbocycles. The second-order valence-corrected chi connectivity index (χ2v) is 7.88. The highest BCUT2D eigenvalue weighted by Gasteiger charge is 2.28. The van der Waals surface area contributed by atoms with E-state index in [1.807, 2.05) is 0 Å². The van der Waals surface area contributed by atoms with Crippen LogP contribution in [0, 0.1) is 23.3 Å². The van der Waals surface area contributed by atoms with Gasteiger partial charge < -0.3 is 4.98 Å². The van der Waals surface area contributed by atoms with Crippen molar-refractivity contribution >= 4 is 32.5 Å². The van der Waals surface area contributed by atoms with Gasteiger partial charge in [-0.15, -0.1) is 0 Å². The molecule has 0 fully saturated rings. The molecule has 0 saturated carbocycles. The Labute approximate surface area is 171 Å². The molecule has 4 aromatic rings. The van der Waals surface area contributed by atoms with E-state index in [2.05, 4.69) is 15.0 Å². The second-order valence-electron chi connectivity index (χ2n) is 6.26. The van der Waals surface area contributed by atoms with Crippen molar-refractivity contribution in [2.24, 2.45) is 0 Å². The summed E-state index contributed by atoms with van der Waals surface area (Å²) in [5.74, 6) is -6.77. The number of hydrogen-bond donors (Lipinski definition) is 2. The number of aromatic amines is 1. The zero-order valence-corrected chi connectivity index (χ0v) is 16.0. The fourth-order valence-corrected chi connectivity index (χ4v) is 4.16. The number of aromatic nitrogens is 3. The second kappa shape index (κ2) is 7.47. The molecular formula is C19H10F4N4O3S. The number of anilines is 1. The molecule has 4 rings (SSSR count). The summed E-state index contributed by atoms with van der Waals surface area (Å²) in [6.07, 6.45) is 3.63. The van der Waals surface area contributed by atoms with Gasteiger partial charge in [0, 0.05) is 17.8 Å². The Bertz CT molecular complexity index is 1430. The Morgan fingerprint density at radius 3 is 2.42 bits per heavy atom. The van der Waals surface area contributed by atoms with Gasteiger partial charge in [-0.2, -0.15) is 0 Å². The molecule has 0 radical (unpaired) electrons. The molecule has 2 aromatic carbocycles. The van der Waals surface area contributed by atoms with Gasteiger partial charge in [0.15, 0.2) is 10.7 Å². The number of hydrogen-bond acceptors (Lipinski definition) is 5. The number of carbonyl (C=O) groups is 1. The van der Waals surface area contributed by atoms with Crippen LogP contribution in [-0.2, 0) is 10.0 Å². The Morgan fingerprint density at radius 2 is 1.71 bits per heavy atom. The van der Waals surface area contributed by atoms with Crippen LogP contribution in [0.15, 0.2) is 53.9 Å². The highest BCUT2D eigenvalue weighted by atomic mass is 32.2. The van der Waals surface area contributed by atoms with E-state index >= 15 is 4.39 Å². The lowest BCUT2D eigenvalue weighted by molar-refractivity contribution is 0.103. The zero-order chi connectivity index (χ0) is 22.3. The SMILES string of the molecule is O=C(c1c(F)ccc(NS(=O)(=O)c2c(F)cccc2F)c1F)c1c[nH]c2ncncc12. The summed E-state index contributed by atoms with van der Waals surface area (Å²) >= 11 is 0. The average molecular weight is 450 g/mol. The third-order valence-electron chi connectivity index (χ3n) is 4.35. The third kappa shape index (κ3) is 3.50. The summed E-state index contributed by atoms with van der Waals surface area (Å²) in [5.41, 5.74) is -1.86. The average Bonchev–Trinajstić information content (AvgIpc) is 3.14. The van der Waals surface area contributed by atoms with E-state index in [1.54, 1.807) is 4.72 Å². The number of carbonyl (C=O) groups excluding carboxylic acids is 1. The molecular weight excluding hydrogens is 440 g/mol. The molecule has 0 amide bonds. The molecule has 0 unspecified atom stereocenters. The first-order valence-electron chi connectivity index (χ1n) is 8.47. The minimum atomic E-state index is -4.94. The smallest absolute Gasteiger partial charge is 0.267 e. The highest BCUT2D eigenvalue weighted by Crippen LogP contribution is 2.29. The predicted molar refractivity (Wildman–Crippen MR) is 101 cm³/mol. The van der Waals surface area contributed by atoms with Crippen molar-refractivity contribution < 1.29 is 30.8 Å². The number of rotatable bonds is 5. The van der Waals surface area contributed by atoms with Crippen LogP contribution in [0.5, 0.6) is 0 Å². The van der Waals surface area contributed by atoms with Gasteiger partial charge in [0.1, 0.15) is 29.4 Å². The van der Waals surface area contributed by atoms with E-state index in [4.69, 9.17) is 0 Å². The van der Waals surface area contributed by atoms with E-state index in [-0.39, 0.29) is 16.6 Å². The van der Waals surface area contributed by atoms with Crippen molar-refractivity contribution in [3.63, 3.8) is 0 Å². The maximum Gasteiger partial charge on any atom is 0.267 e. The molecule has 31 heavy (non-hydrogen) atoms. The van der Waals surface area contributed by atoms with Crippen LogP contribution in [0.2, 0.25) is 0 Å². The first-order chi connectivity index (χ1) is 14.7. The summed E-state index contributed by atoms with van der Waals surface area (Å²) in [6, 6.07) is 3.69. The number of ketones is 1. The number of nitrogens with one attached hydrogen (secondary N) is 2. The monoisotopic (exact) mass is 450 g/mol. The minimum Gasteiger partial charge on any atom is -0.345 e. The van der Waals surface area contributed by atoms with Crippen LogP contribution >= 0.6 is 0 Å². The summed E-state index contributed by atoms with van der Waals surface area (Å²) in [6.45, 7) is 0. The van der Waals surface area contributed by atoms with Gasteiger partial charge in [-0.05, 0) is 24.3 Å². The molecule has 158 valence electrons. The van der Waals surface area contributed by atoms with Crippen molar-refractivity contribution in [1.29, 1.82) is 0 Å². The normalized spacial score (nSPS) is 11.6. The molecule has 0 aliphatic rings. The number of nitrogens with zero attached hydrogens (tertiary/aromatic N) is 2. The van der Waals surface area contributed by atoms with Crippen LogP contribution in [0.4, 0.5) is 23.2 Å². The van der Waals surface area contributed by atoms with Crippen molar-refractivity contribution in [3.05, 3.63) is 83.4 Å². The molecule has 12 heteroatoms. The molecule has 0 atom stereocenters. The first-order valence-corrected chi connectivity index (χ1v) is 9.95. The lowest BCUT2D eigenvalue weighted by Crippen LogP contribution is -2.18. The van der Waals surface area contributed by atoms with Crippen LogP contribution in [0.25, 0.3) is 11.0 Å². The van der Waals surface area contributed by atoms with Crippen molar-refractivity contribution in [2.45, 2.75) is 4.90 Å². The van der Waals surface area contributed by atoms with Gasteiger partial charge in [0.2, 0.25) is 5.78 Å². The molecule has 7 nitrogen and oxygen atoms in total. The van der Waals surface area contributed by atoms with Crippen LogP contribution in [0.3, 0.4) is 0 Å². The molecule has 0 aliphatic heterocycles. The van der Waals surface area contributed by atoms with E-state index in [9.17, 15) is 26.4 Å². The van der Waals surface area contributed by atoms with Gasteiger partial charge in [-0.3, -0.25) is 9.52 Å². The largest absolute Gasteiger partial charge is 0.345 e. The molecule has 0 bridgehead atoms. The molecule has 0 spiro atoms. The maximum absolute atomic E-state index is 15.0. The fraction of sp³-hybridized carbons (Fsp3) is 0. The molecule has 2 heterocycles. The molecule has 0 saturated heterocycles. The summed E-state index contributed by atoms with van der Waals surface area (Å²) in [7, 11) is -4.94. The first kappa shape index (κ1) is 20.5. The van der Waals surface area contributed by atoms with Crippen LogP contribution in [-0.4, -0.2) is 29.2 Å². The minimum absolute atomic E-state index is 0.159. The lowest BCUT2D eigenvalue weighted by Gasteiger charge is -2.12. The van der Waals surface area contributed by atoms with Gasteiger partial charge in [0.25, 0.3) is 10.0 Å². The van der Waals surface area contributed by atoms with E-state index < -0.39 is 55.2 Å². The summed E-state index contributed by atoms with van der Waals surface area (Å²) in [5, 5.41) is 0.186. The standard InChI is InChI=1S/C19H10F4N4O3S/c20-11-4-5-14(27-31(29,30)18-12(21)2-1-3-13(18)22)16(23)15(11)17(28)9-7-25-19-10(9)6-24-8-26-19/h1-8,27H,(H,24,25,26). The third-order valence-corrected chi connectivity index (χ3v) is 5.77. The Hall–Kier alpha value is -3.80. The van der Waals surface area contributed by atoms with Crippen molar-refractivity contribution in [1.82, 2.24) is 15.0 Å². The van der Waals surface area contributed by atoms with Gasteiger partial charge in [0.05, 0.1) is 16.8 Å². The number of fused-ring (bicyclic) bond motifs is 1. The van der Waals surface area contributed by atoms with Gasteiger partial charge in [-0.1, -0.05) is 6.07 Å². The van der Waals surface area contributed by atoms with Gasteiger partial charge >= 0.3 is 0 Å². The summed E-state index contributed by atoms with van der Waals surface area (Å²) in [4.78, 5) is 21.7. The Morgan fingerprint density at radius 1 is 1.00 bits per heavy atom. The summed E-state index contributed by atoms with van der Waals surface area (Å²) < 4.78 is 83.6. The maximum atomic E-state index is 15.0. The van der Waals surface area contributed by atoms with E-state index in [0.29, 0.717) is 24.3 Å². The van der Waals surface area contributed by atoms with Crippen LogP contribution < -0.4 is 4.72 Å². The van der Waals surface area contributed by atoms with E-state index in [1.165, 1.54) is 18.7 Å². The van der Waals surface area contributed by atoms with E-state index in [0.717, 1.165) is 6.07 Å². The number of H-pyrrole nitrogens is 1. The highest BCUT2D eigenvalue weighted by molar-refractivity contribution is 7.92. The Kier molecular flexibility index (Phi) is 4.93. The number of benzene rings is 2. The molecule has 2 N–H and O–H groups in total. The van der Waals surface area contributed by atoms with Gasteiger partial charge in [-0.25, -0.2) is 35.9 Å². The number of halogens is 4. The quantitative estimate of drug-likeness (QED) is 0.358. The zero-order valence-electron chi connectivity index (χ0n) is 15.2. The van der Waals surface area contributed by atoms with Crippen molar-refractivity contribution in [2.75, 3.05) is 4.72 Å². The lowest BCUT2D eigenvalue weighted by atomic mass is 10.0. The number of sulfonamides is 1.